The zero-order valence-electron chi connectivity index (χ0n) is 12.5. The minimum absolute atomic E-state index is 0.217. The fourth-order valence-electron chi connectivity index (χ4n) is 3.09. The van der Waals surface area contributed by atoms with Crippen LogP contribution in [0.3, 0.4) is 0 Å². The van der Waals surface area contributed by atoms with E-state index in [0.29, 0.717) is 22.8 Å². The average molecular weight is 327 g/mol. The molecule has 2 aromatic carbocycles. The number of benzene rings is 2. The van der Waals surface area contributed by atoms with Gasteiger partial charge in [-0.2, -0.15) is 0 Å². The van der Waals surface area contributed by atoms with Gasteiger partial charge in [0.1, 0.15) is 5.84 Å². The SMILES string of the molecule is O=S1(=O)NC(=NC[C@H]2CCc3ccccc3N2)c2ccccc21. The molecule has 4 rings (SSSR count). The molecule has 0 saturated heterocycles. The molecule has 0 radical (unpaired) electrons. The molecule has 6 heteroatoms. The van der Waals surface area contributed by atoms with Crippen molar-refractivity contribution in [2.45, 2.75) is 23.8 Å². The first-order chi connectivity index (χ1) is 11.1. The van der Waals surface area contributed by atoms with E-state index in [-0.39, 0.29) is 6.04 Å². The zero-order valence-corrected chi connectivity index (χ0v) is 13.3. The maximum Gasteiger partial charge on any atom is 0.263 e. The van der Waals surface area contributed by atoms with Gasteiger partial charge < -0.3 is 5.32 Å². The van der Waals surface area contributed by atoms with Gasteiger partial charge in [0.25, 0.3) is 10.0 Å². The highest BCUT2D eigenvalue weighted by atomic mass is 32.2. The van der Waals surface area contributed by atoms with Gasteiger partial charge in [0.05, 0.1) is 11.4 Å². The number of para-hydroxylation sites is 1. The normalized spacial score (nSPS) is 22.8. The Morgan fingerprint density at radius 3 is 2.78 bits per heavy atom. The first-order valence-electron chi connectivity index (χ1n) is 7.64. The van der Waals surface area contributed by atoms with E-state index in [0.717, 1.165) is 18.5 Å². The molecule has 0 spiro atoms. The minimum Gasteiger partial charge on any atom is -0.380 e. The molecular weight excluding hydrogens is 310 g/mol. The van der Waals surface area contributed by atoms with Crippen LogP contribution in [0.4, 0.5) is 5.69 Å². The molecule has 2 N–H and O–H groups in total. The fourth-order valence-corrected chi connectivity index (χ4v) is 4.34. The zero-order chi connectivity index (χ0) is 15.9. The topological polar surface area (TPSA) is 70.6 Å². The molecule has 0 fully saturated rings. The highest BCUT2D eigenvalue weighted by Crippen LogP contribution is 2.25. The molecule has 0 amide bonds. The van der Waals surface area contributed by atoms with Gasteiger partial charge in [-0.25, -0.2) is 8.42 Å². The average Bonchev–Trinajstić information content (AvgIpc) is 2.84. The Morgan fingerprint density at radius 2 is 1.87 bits per heavy atom. The van der Waals surface area contributed by atoms with Gasteiger partial charge in [-0.1, -0.05) is 30.3 Å². The van der Waals surface area contributed by atoms with E-state index in [1.54, 1.807) is 18.2 Å². The van der Waals surface area contributed by atoms with Gasteiger partial charge in [-0.05, 0) is 36.6 Å². The van der Waals surface area contributed by atoms with E-state index in [9.17, 15) is 8.42 Å². The van der Waals surface area contributed by atoms with E-state index < -0.39 is 10.0 Å². The Labute approximate surface area is 135 Å². The lowest BCUT2D eigenvalue weighted by Crippen LogP contribution is -2.30. The third-order valence-corrected chi connectivity index (χ3v) is 5.67. The van der Waals surface area contributed by atoms with Gasteiger partial charge in [0, 0.05) is 17.3 Å². The quantitative estimate of drug-likeness (QED) is 0.888. The number of sulfonamides is 1. The van der Waals surface area contributed by atoms with Crippen molar-refractivity contribution in [2.75, 3.05) is 11.9 Å². The predicted molar refractivity (Wildman–Crippen MR) is 90.3 cm³/mol. The predicted octanol–water partition coefficient (Wildman–Crippen LogP) is 2.15. The van der Waals surface area contributed by atoms with Crippen LogP contribution in [0.5, 0.6) is 0 Å². The number of amidine groups is 1. The van der Waals surface area contributed by atoms with Gasteiger partial charge in [0.2, 0.25) is 0 Å². The first-order valence-corrected chi connectivity index (χ1v) is 9.13. The standard InChI is InChI=1S/C17H17N3O2S/c21-23(22)16-8-4-2-6-14(16)17(20-23)18-11-13-10-9-12-5-1-3-7-15(12)19-13/h1-8,13,19H,9-11H2,(H,18,20)/t13-/m1/s1. The lowest BCUT2D eigenvalue weighted by atomic mass is 9.98. The molecule has 2 aliphatic rings. The summed E-state index contributed by atoms with van der Waals surface area (Å²) in [4.78, 5) is 4.83. The second kappa shape index (κ2) is 5.38. The first kappa shape index (κ1) is 14.3. The summed E-state index contributed by atoms with van der Waals surface area (Å²) in [6, 6.07) is 15.4. The highest BCUT2D eigenvalue weighted by Gasteiger charge is 2.30. The van der Waals surface area contributed by atoms with E-state index in [2.05, 4.69) is 27.2 Å². The maximum absolute atomic E-state index is 12.1. The number of aliphatic imine (C=N–C) groups is 1. The number of fused-ring (bicyclic) bond motifs is 2. The van der Waals surface area contributed by atoms with Crippen LogP contribution in [0.2, 0.25) is 0 Å². The summed E-state index contributed by atoms with van der Waals surface area (Å²) in [6.07, 6.45) is 2.00. The number of nitrogens with one attached hydrogen (secondary N) is 2. The van der Waals surface area contributed by atoms with Gasteiger partial charge in [-0.3, -0.25) is 9.71 Å². The Bertz CT molecular complexity index is 890. The van der Waals surface area contributed by atoms with Crippen molar-refractivity contribution in [3.63, 3.8) is 0 Å². The molecule has 0 aliphatic carbocycles. The van der Waals surface area contributed by atoms with E-state index in [1.807, 2.05) is 18.2 Å². The van der Waals surface area contributed by atoms with Gasteiger partial charge in [-0.15, -0.1) is 0 Å². The number of aryl methyl sites for hydroxylation is 1. The van der Waals surface area contributed by atoms with Crippen molar-refractivity contribution in [1.29, 1.82) is 0 Å². The van der Waals surface area contributed by atoms with Crippen LogP contribution in [0.15, 0.2) is 58.4 Å². The number of nitrogens with zero attached hydrogens (tertiary/aromatic N) is 1. The smallest absolute Gasteiger partial charge is 0.263 e. The molecule has 118 valence electrons. The summed E-state index contributed by atoms with van der Waals surface area (Å²) in [6.45, 7) is 0.542. The molecular formula is C17H17N3O2S. The summed E-state index contributed by atoms with van der Waals surface area (Å²) in [5.74, 6) is 0.446. The Kier molecular flexibility index (Phi) is 3.34. The number of anilines is 1. The van der Waals surface area contributed by atoms with E-state index >= 15 is 0 Å². The Hall–Kier alpha value is -2.34. The molecule has 2 aromatic rings. The van der Waals surface area contributed by atoms with Crippen molar-refractivity contribution in [1.82, 2.24) is 4.72 Å². The Balaban J connectivity index is 1.55. The lowest BCUT2D eigenvalue weighted by Gasteiger charge is -2.25. The van der Waals surface area contributed by atoms with Crippen LogP contribution >= 0.6 is 0 Å². The minimum atomic E-state index is -3.46. The van der Waals surface area contributed by atoms with Crippen molar-refractivity contribution < 1.29 is 8.42 Å². The van der Waals surface area contributed by atoms with Crippen LogP contribution in [-0.4, -0.2) is 26.8 Å². The van der Waals surface area contributed by atoms with Gasteiger partial charge in [0.15, 0.2) is 0 Å². The molecule has 23 heavy (non-hydrogen) atoms. The van der Waals surface area contributed by atoms with Crippen LogP contribution in [0, 0.1) is 0 Å². The monoisotopic (exact) mass is 327 g/mol. The summed E-state index contributed by atoms with van der Waals surface area (Å²) in [5.41, 5.74) is 3.13. The molecule has 2 aliphatic heterocycles. The second-order valence-electron chi connectivity index (χ2n) is 5.83. The third-order valence-electron chi connectivity index (χ3n) is 4.27. The summed E-state index contributed by atoms with van der Waals surface area (Å²) in [7, 11) is -3.46. The number of rotatable bonds is 2. The van der Waals surface area contributed by atoms with E-state index in [1.165, 1.54) is 5.56 Å². The van der Waals surface area contributed by atoms with Gasteiger partial charge >= 0.3 is 0 Å². The van der Waals surface area contributed by atoms with Crippen molar-refractivity contribution in [3.05, 3.63) is 59.7 Å². The van der Waals surface area contributed by atoms with E-state index in [4.69, 9.17) is 0 Å². The Morgan fingerprint density at radius 1 is 1.09 bits per heavy atom. The largest absolute Gasteiger partial charge is 0.380 e. The summed E-state index contributed by atoms with van der Waals surface area (Å²) >= 11 is 0. The van der Waals surface area contributed by atoms with Crippen molar-refractivity contribution >= 4 is 21.5 Å². The molecule has 0 bridgehead atoms. The second-order valence-corrected chi connectivity index (χ2v) is 7.48. The maximum atomic E-state index is 12.1. The molecule has 0 unspecified atom stereocenters. The molecule has 5 nitrogen and oxygen atoms in total. The molecule has 0 saturated carbocycles. The summed E-state index contributed by atoms with van der Waals surface area (Å²) in [5, 5.41) is 3.48. The lowest BCUT2D eigenvalue weighted by molar-refractivity contribution is 0.595. The van der Waals surface area contributed by atoms with Crippen LogP contribution in [-0.2, 0) is 16.4 Å². The van der Waals surface area contributed by atoms with Crippen molar-refractivity contribution in [3.8, 4) is 0 Å². The number of hydrogen-bond acceptors (Lipinski definition) is 4. The summed E-state index contributed by atoms with van der Waals surface area (Å²) < 4.78 is 26.7. The van der Waals surface area contributed by atoms with Crippen LogP contribution in [0.1, 0.15) is 17.5 Å². The van der Waals surface area contributed by atoms with Crippen LogP contribution < -0.4 is 10.0 Å². The molecule has 1 atom stereocenters. The highest BCUT2D eigenvalue weighted by molar-refractivity contribution is 7.90. The molecule has 0 aromatic heterocycles. The van der Waals surface area contributed by atoms with Crippen LogP contribution in [0.25, 0.3) is 0 Å². The molecule has 2 heterocycles. The third kappa shape index (κ3) is 2.59. The fraction of sp³-hybridized carbons (Fsp3) is 0.235. The van der Waals surface area contributed by atoms with Crippen molar-refractivity contribution in [2.24, 2.45) is 4.99 Å². The number of hydrogen-bond donors (Lipinski definition) is 2.